The Kier molecular flexibility index (Phi) is 6.17. The molecule has 0 saturated heterocycles. The predicted molar refractivity (Wildman–Crippen MR) is 96.0 cm³/mol. The topological polar surface area (TPSA) is 81.7 Å². The highest BCUT2D eigenvalue weighted by molar-refractivity contribution is 7.18. The maximum Gasteiger partial charge on any atom is 0.341 e. The molecule has 0 atom stereocenters. The van der Waals surface area contributed by atoms with Crippen molar-refractivity contribution in [1.82, 2.24) is 0 Å². The number of benzene rings is 1. The number of amides is 1. The Labute approximate surface area is 153 Å². The fraction of sp³-hybridized carbons (Fsp3) is 0.235. The third-order valence-corrected chi connectivity index (χ3v) is 4.85. The van der Waals surface area contributed by atoms with Crippen LogP contribution in [0.1, 0.15) is 32.5 Å². The third kappa shape index (κ3) is 4.58. The number of halogens is 1. The number of thiophene rings is 1. The predicted octanol–water partition coefficient (Wildman–Crippen LogP) is 3.72. The van der Waals surface area contributed by atoms with Crippen LogP contribution >= 0.6 is 22.9 Å². The number of anilines is 1. The number of ether oxygens (including phenoxy) is 2. The molecule has 0 aliphatic rings. The van der Waals surface area contributed by atoms with Crippen LogP contribution in [-0.2, 0) is 9.53 Å². The number of esters is 1. The molecule has 0 spiro atoms. The summed E-state index contributed by atoms with van der Waals surface area (Å²) in [4.78, 5) is 36.1. The Bertz CT molecular complexity index is 813. The molecule has 1 aromatic carbocycles. The first-order valence-corrected chi connectivity index (χ1v) is 8.43. The van der Waals surface area contributed by atoms with Gasteiger partial charge in [0.05, 0.1) is 17.6 Å². The van der Waals surface area contributed by atoms with Crippen LogP contribution in [0.4, 0.5) is 5.00 Å². The number of rotatable bonds is 6. The van der Waals surface area contributed by atoms with E-state index in [9.17, 15) is 14.4 Å². The smallest absolute Gasteiger partial charge is 0.341 e. The lowest BCUT2D eigenvalue weighted by molar-refractivity contribution is -0.118. The van der Waals surface area contributed by atoms with Gasteiger partial charge >= 0.3 is 5.97 Å². The van der Waals surface area contributed by atoms with Crippen LogP contribution in [0, 0.1) is 6.92 Å². The average molecular weight is 382 g/mol. The molecule has 1 heterocycles. The monoisotopic (exact) mass is 381 g/mol. The summed E-state index contributed by atoms with van der Waals surface area (Å²) in [6.45, 7) is 2.78. The summed E-state index contributed by atoms with van der Waals surface area (Å²) in [5.74, 6) is -0.781. The summed E-state index contributed by atoms with van der Waals surface area (Å²) < 4.78 is 10.1. The molecule has 2 rings (SSSR count). The Hall–Kier alpha value is -2.38. The number of nitrogens with one attached hydrogen (secondary N) is 1. The third-order valence-electron chi connectivity index (χ3n) is 3.29. The largest absolute Gasteiger partial charge is 0.484 e. The molecule has 8 heteroatoms. The van der Waals surface area contributed by atoms with Crippen LogP contribution in [0.25, 0.3) is 0 Å². The van der Waals surface area contributed by atoms with Gasteiger partial charge in [0.25, 0.3) is 5.91 Å². The minimum Gasteiger partial charge on any atom is -0.484 e. The minimum absolute atomic E-state index is 0.178. The first kappa shape index (κ1) is 19.0. The van der Waals surface area contributed by atoms with Crippen molar-refractivity contribution in [1.29, 1.82) is 0 Å². The Morgan fingerprint density at radius 1 is 1.20 bits per heavy atom. The van der Waals surface area contributed by atoms with E-state index in [2.05, 4.69) is 5.32 Å². The fourth-order valence-corrected chi connectivity index (χ4v) is 3.36. The van der Waals surface area contributed by atoms with E-state index in [0.29, 0.717) is 21.2 Å². The zero-order chi connectivity index (χ0) is 18.6. The summed E-state index contributed by atoms with van der Waals surface area (Å²) in [5.41, 5.74) is 0.663. The highest BCUT2D eigenvalue weighted by atomic mass is 35.5. The van der Waals surface area contributed by atoms with Crippen molar-refractivity contribution in [2.75, 3.05) is 19.0 Å². The van der Waals surface area contributed by atoms with Gasteiger partial charge in [-0.15, -0.1) is 11.3 Å². The van der Waals surface area contributed by atoms with E-state index < -0.39 is 11.9 Å². The maximum absolute atomic E-state index is 12.1. The molecule has 132 valence electrons. The molecule has 0 aliphatic carbocycles. The highest BCUT2D eigenvalue weighted by Gasteiger charge is 2.24. The number of ketones is 1. The van der Waals surface area contributed by atoms with Crippen LogP contribution in [0.15, 0.2) is 24.3 Å². The van der Waals surface area contributed by atoms with Gasteiger partial charge in [0.2, 0.25) is 0 Å². The molecule has 0 bridgehead atoms. The quantitative estimate of drug-likeness (QED) is 0.609. The highest BCUT2D eigenvalue weighted by Crippen LogP contribution is 2.34. The lowest BCUT2D eigenvalue weighted by Gasteiger charge is -2.08. The normalized spacial score (nSPS) is 10.2. The number of hydrogen-bond donors (Lipinski definition) is 1. The van der Waals surface area contributed by atoms with E-state index in [0.717, 1.165) is 11.3 Å². The summed E-state index contributed by atoms with van der Waals surface area (Å²) in [6.07, 6.45) is 0. The minimum atomic E-state index is -0.616. The molecule has 0 radical (unpaired) electrons. The van der Waals surface area contributed by atoms with Gasteiger partial charge in [-0.05, 0) is 43.7 Å². The zero-order valence-corrected chi connectivity index (χ0v) is 15.4. The van der Waals surface area contributed by atoms with Crippen molar-refractivity contribution in [2.24, 2.45) is 0 Å². The Morgan fingerprint density at radius 3 is 2.40 bits per heavy atom. The van der Waals surface area contributed by atoms with Gasteiger partial charge in [-0.3, -0.25) is 9.59 Å². The Balaban J connectivity index is 2.14. The van der Waals surface area contributed by atoms with Gasteiger partial charge in [0.15, 0.2) is 12.4 Å². The summed E-state index contributed by atoms with van der Waals surface area (Å²) in [7, 11) is 1.24. The molecule has 2 aromatic rings. The standard InChI is InChI=1S/C17H16ClNO5S/c1-9-14(17(22)23-3)16(25-15(9)10(2)20)19-13(21)8-24-12-6-4-11(18)5-7-12/h4-7H,8H2,1-3H3,(H,19,21). The van der Waals surface area contributed by atoms with Crippen LogP contribution in [0.3, 0.4) is 0 Å². The summed E-state index contributed by atoms with van der Waals surface area (Å²) in [6, 6.07) is 6.56. The average Bonchev–Trinajstić information content (AvgIpc) is 2.90. The van der Waals surface area contributed by atoms with E-state index in [4.69, 9.17) is 21.1 Å². The van der Waals surface area contributed by atoms with Crippen LogP contribution < -0.4 is 10.1 Å². The van der Waals surface area contributed by atoms with Gasteiger partial charge in [0.1, 0.15) is 10.8 Å². The van der Waals surface area contributed by atoms with Crippen molar-refractivity contribution in [2.45, 2.75) is 13.8 Å². The first-order valence-electron chi connectivity index (χ1n) is 7.24. The molecule has 25 heavy (non-hydrogen) atoms. The van der Waals surface area contributed by atoms with E-state index in [1.54, 1.807) is 31.2 Å². The molecule has 1 aromatic heterocycles. The van der Waals surface area contributed by atoms with Crippen LogP contribution in [0.5, 0.6) is 5.75 Å². The molecule has 1 amide bonds. The Morgan fingerprint density at radius 2 is 1.84 bits per heavy atom. The summed E-state index contributed by atoms with van der Waals surface area (Å²) >= 11 is 6.81. The van der Waals surface area contributed by atoms with E-state index >= 15 is 0 Å². The lowest BCUT2D eigenvalue weighted by atomic mass is 10.1. The van der Waals surface area contributed by atoms with Crippen molar-refractivity contribution >= 4 is 45.6 Å². The van der Waals surface area contributed by atoms with Crippen molar-refractivity contribution < 1.29 is 23.9 Å². The van der Waals surface area contributed by atoms with Crippen molar-refractivity contribution in [3.05, 3.63) is 45.3 Å². The van der Waals surface area contributed by atoms with Crippen LogP contribution in [-0.4, -0.2) is 31.4 Å². The van der Waals surface area contributed by atoms with E-state index in [-0.39, 0.29) is 23.0 Å². The van der Waals surface area contributed by atoms with Crippen molar-refractivity contribution in [3.8, 4) is 5.75 Å². The lowest BCUT2D eigenvalue weighted by Crippen LogP contribution is -2.21. The number of carbonyl (C=O) groups excluding carboxylic acids is 3. The van der Waals surface area contributed by atoms with Gasteiger partial charge in [0, 0.05) is 5.02 Å². The molecule has 1 N–H and O–H groups in total. The van der Waals surface area contributed by atoms with Crippen LogP contribution in [0.2, 0.25) is 5.02 Å². The number of Topliss-reactive ketones (excluding diaryl/α,β-unsaturated/α-hetero) is 1. The molecule has 0 saturated carbocycles. The molecule has 6 nitrogen and oxygen atoms in total. The second-order valence-corrected chi connectivity index (χ2v) is 6.56. The summed E-state index contributed by atoms with van der Waals surface area (Å²) in [5, 5.41) is 3.42. The molecule has 0 fully saturated rings. The molecule has 0 unspecified atom stereocenters. The molecule has 0 aliphatic heterocycles. The number of hydrogen-bond acceptors (Lipinski definition) is 6. The fourth-order valence-electron chi connectivity index (χ4n) is 2.13. The zero-order valence-electron chi connectivity index (χ0n) is 13.8. The van der Waals surface area contributed by atoms with Gasteiger partial charge < -0.3 is 14.8 Å². The first-order chi connectivity index (χ1) is 11.8. The van der Waals surface area contributed by atoms with Gasteiger partial charge in [-0.1, -0.05) is 11.6 Å². The van der Waals surface area contributed by atoms with Crippen molar-refractivity contribution in [3.63, 3.8) is 0 Å². The van der Waals surface area contributed by atoms with E-state index in [1.165, 1.54) is 14.0 Å². The molecular weight excluding hydrogens is 366 g/mol. The van der Waals surface area contributed by atoms with E-state index in [1.807, 2.05) is 0 Å². The SMILES string of the molecule is COC(=O)c1c(NC(=O)COc2ccc(Cl)cc2)sc(C(C)=O)c1C. The maximum atomic E-state index is 12.1. The molecular formula is C17H16ClNO5S. The number of methoxy groups -OCH3 is 1. The second kappa shape index (κ2) is 8.13. The van der Waals surface area contributed by atoms with Gasteiger partial charge in [-0.2, -0.15) is 0 Å². The van der Waals surface area contributed by atoms with Gasteiger partial charge in [-0.25, -0.2) is 4.79 Å². The second-order valence-electron chi connectivity index (χ2n) is 5.10. The number of carbonyl (C=O) groups is 3.